The summed E-state index contributed by atoms with van der Waals surface area (Å²) in [6.45, 7) is 8.13. The predicted molar refractivity (Wildman–Crippen MR) is 91.4 cm³/mol. The third kappa shape index (κ3) is 2.82. The van der Waals surface area contributed by atoms with E-state index in [0.717, 1.165) is 35.8 Å². The van der Waals surface area contributed by atoms with Gasteiger partial charge in [-0.2, -0.15) is 0 Å². The second-order valence-electron chi connectivity index (χ2n) is 8.11. The maximum atomic E-state index is 5.50. The maximum Gasteiger partial charge on any atom is 0.231 e. The Balaban J connectivity index is 1.12. The largest absolute Gasteiger partial charge is 0.454 e. The molecule has 2 heterocycles. The zero-order valence-electron chi connectivity index (χ0n) is 14.3. The molecule has 4 nitrogen and oxygen atoms in total. The van der Waals surface area contributed by atoms with Crippen molar-refractivity contribution >= 4 is 0 Å². The first kappa shape index (κ1) is 14.8. The summed E-state index contributed by atoms with van der Waals surface area (Å²) in [5, 5.41) is 0. The van der Waals surface area contributed by atoms with Gasteiger partial charge in [0.25, 0.3) is 0 Å². The van der Waals surface area contributed by atoms with Crippen LogP contribution in [-0.4, -0.2) is 39.5 Å². The van der Waals surface area contributed by atoms with Gasteiger partial charge in [0, 0.05) is 11.5 Å². The Morgan fingerprint density at radius 1 is 0.917 bits per heavy atom. The third-order valence-corrected chi connectivity index (χ3v) is 6.52. The van der Waals surface area contributed by atoms with Gasteiger partial charge in [-0.3, -0.25) is 0 Å². The van der Waals surface area contributed by atoms with Crippen LogP contribution >= 0.6 is 0 Å². The maximum absolute atomic E-state index is 5.50. The van der Waals surface area contributed by atoms with Crippen LogP contribution in [0.25, 0.3) is 0 Å². The van der Waals surface area contributed by atoms with Crippen molar-refractivity contribution in [3.05, 3.63) is 35.9 Å². The van der Waals surface area contributed by atoms with Crippen molar-refractivity contribution in [1.29, 1.82) is 0 Å². The van der Waals surface area contributed by atoms with Crippen molar-refractivity contribution < 1.29 is 19.3 Å². The molecule has 1 saturated heterocycles. The molecular weight excluding hydrogens is 300 g/mol. The summed E-state index contributed by atoms with van der Waals surface area (Å²) in [7, 11) is 0. The van der Waals surface area contributed by atoms with Gasteiger partial charge in [-0.15, -0.1) is 0 Å². The summed E-state index contributed by atoms with van der Waals surface area (Å²) in [6.07, 6.45) is 7.86. The van der Waals surface area contributed by atoms with E-state index in [9.17, 15) is 0 Å². The highest BCUT2D eigenvalue weighted by Gasteiger charge is 2.38. The van der Waals surface area contributed by atoms with E-state index >= 15 is 0 Å². The smallest absolute Gasteiger partial charge is 0.231 e. The van der Waals surface area contributed by atoms with Crippen molar-refractivity contribution in [2.45, 2.75) is 19.4 Å². The van der Waals surface area contributed by atoms with Crippen LogP contribution in [0.3, 0.4) is 0 Å². The fourth-order valence-electron chi connectivity index (χ4n) is 5.18. The van der Waals surface area contributed by atoms with Crippen molar-refractivity contribution in [1.82, 2.24) is 0 Å². The fraction of sp³-hybridized carbons (Fsp3) is 0.600. The standard InChI is InChI=1S/C20H26N2O2/c1-3-17-9-15(1)10-18(17)13-22-7-5-21(6-8-22)12-16-2-4-19-20(11-16)24-14-23-19/h1-4,11,15,17-18H,5-10,12-14H2/p+2/t15-,17+,18+/m1/s1. The number of nitrogens with one attached hydrogen (secondary N) is 2. The number of fused-ring (bicyclic) bond motifs is 3. The van der Waals surface area contributed by atoms with Gasteiger partial charge in [-0.05, 0) is 42.9 Å². The number of hydrogen-bond acceptors (Lipinski definition) is 2. The first-order chi connectivity index (χ1) is 11.8. The number of hydrogen-bond donors (Lipinski definition) is 2. The Hall–Kier alpha value is -1.52. The molecule has 2 fully saturated rings. The van der Waals surface area contributed by atoms with E-state index in [1.54, 1.807) is 4.90 Å². The van der Waals surface area contributed by atoms with Crippen molar-refractivity contribution in [3.8, 4) is 11.5 Å². The molecule has 4 heteroatoms. The molecule has 1 saturated carbocycles. The summed E-state index contributed by atoms with van der Waals surface area (Å²) in [5.74, 6) is 4.59. The van der Waals surface area contributed by atoms with E-state index in [1.165, 1.54) is 51.1 Å². The van der Waals surface area contributed by atoms with Crippen LogP contribution in [0.5, 0.6) is 11.5 Å². The highest BCUT2D eigenvalue weighted by Crippen LogP contribution is 2.42. The van der Waals surface area contributed by atoms with Crippen LogP contribution in [-0.2, 0) is 6.54 Å². The van der Waals surface area contributed by atoms with Crippen molar-refractivity contribution in [3.63, 3.8) is 0 Å². The second-order valence-corrected chi connectivity index (χ2v) is 8.11. The topological polar surface area (TPSA) is 27.3 Å². The van der Waals surface area contributed by atoms with Gasteiger partial charge in [0.1, 0.15) is 32.7 Å². The molecule has 0 aromatic heterocycles. The van der Waals surface area contributed by atoms with Gasteiger partial charge >= 0.3 is 0 Å². The van der Waals surface area contributed by atoms with Crippen LogP contribution < -0.4 is 19.3 Å². The minimum atomic E-state index is 0.367. The van der Waals surface area contributed by atoms with Crippen LogP contribution in [0, 0.1) is 17.8 Å². The van der Waals surface area contributed by atoms with Gasteiger partial charge in [-0.25, -0.2) is 0 Å². The number of rotatable bonds is 4. The fourth-order valence-corrected chi connectivity index (χ4v) is 5.18. The molecule has 0 spiro atoms. The zero-order chi connectivity index (χ0) is 15.9. The quantitative estimate of drug-likeness (QED) is 0.756. The second kappa shape index (κ2) is 6.08. The van der Waals surface area contributed by atoms with E-state index in [0.29, 0.717) is 6.79 Å². The molecule has 2 N–H and O–H groups in total. The van der Waals surface area contributed by atoms with E-state index in [-0.39, 0.29) is 0 Å². The lowest BCUT2D eigenvalue weighted by atomic mass is 9.93. The molecule has 0 amide bonds. The lowest BCUT2D eigenvalue weighted by molar-refractivity contribution is -1.02. The molecule has 24 heavy (non-hydrogen) atoms. The number of benzene rings is 1. The Labute approximate surface area is 144 Å². The van der Waals surface area contributed by atoms with Crippen molar-refractivity contribution in [2.24, 2.45) is 17.8 Å². The third-order valence-electron chi connectivity index (χ3n) is 6.52. The minimum absolute atomic E-state index is 0.367. The van der Waals surface area contributed by atoms with Gasteiger partial charge in [0.15, 0.2) is 11.5 Å². The molecule has 2 aliphatic heterocycles. The molecule has 2 bridgehead atoms. The summed E-state index contributed by atoms with van der Waals surface area (Å²) in [6, 6.07) is 6.42. The highest BCUT2D eigenvalue weighted by atomic mass is 16.7. The van der Waals surface area contributed by atoms with Crippen molar-refractivity contribution in [2.75, 3.05) is 39.5 Å². The molecule has 1 aromatic rings. The predicted octanol–water partition coefficient (Wildman–Crippen LogP) is -0.0891. The highest BCUT2D eigenvalue weighted by molar-refractivity contribution is 5.44. The normalized spacial score (nSPS) is 36.4. The SMILES string of the molecule is C1=C[C@H]2C[C@@H]1C[C@H]2C[NH+]1CC[NH+](Cc2ccc3c(c2)OCO3)CC1. The van der Waals surface area contributed by atoms with Gasteiger partial charge in [-0.1, -0.05) is 12.2 Å². The molecule has 4 aliphatic rings. The van der Waals surface area contributed by atoms with Crippen LogP contribution in [0.2, 0.25) is 0 Å². The molecule has 2 aliphatic carbocycles. The first-order valence-electron chi connectivity index (χ1n) is 9.57. The Kier molecular flexibility index (Phi) is 3.75. The number of piperazine rings is 1. The molecule has 0 radical (unpaired) electrons. The number of ether oxygens (including phenoxy) is 2. The average molecular weight is 328 g/mol. The number of quaternary nitrogens is 2. The van der Waals surface area contributed by atoms with Crippen LogP contribution in [0.1, 0.15) is 18.4 Å². The molecule has 3 atom stereocenters. The van der Waals surface area contributed by atoms with E-state index in [2.05, 4.69) is 30.4 Å². The van der Waals surface area contributed by atoms with E-state index < -0.39 is 0 Å². The van der Waals surface area contributed by atoms with E-state index in [4.69, 9.17) is 9.47 Å². The van der Waals surface area contributed by atoms with Gasteiger partial charge < -0.3 is 19.3 Å². The Bertz CT molecular complexity index is 637. The summed E-state index contributed by atoms with van der Waals surface area (Å²) >= 11 is 0. The molecule has 1 aromatic carbocycles. The lowest BCUT2D eigenvalue weighted by Gasteiger charge is -2.32. The van der Waals surface area contributed by atoms with Crippen LogP contribution in [0.15, 0.2) is 30.4 Å². The Morgan fingerprint density at radius 2 is 1.75 bits per heavy atom. The monoisotopic (exact) mass is 328 g/mol. The summed E-state index contributed by atoms with van der Waals surface area (Å²) < 4.78 is 10.9. The zero-order valence-corrected chi connectivity index (χ0v) is 14.3. The molecule has 128 valence electrons. The Morgan fingerprint density at radius 3 is 2.54 bits per heavy atom. The average Bonchev–Trinajstić information content (AvgIpc) is 3.32. The minimum Gasteiger partial charge on any atom is -0.454 e. The summed E-state index contributed by atoms with van der Waals surface area (Å²) in [4.78, 5) is 3.56. The molecule has 0 unspecified atom stereocenters. The summed E-state index contributed by atoms with van der Waals surface area (Å²) in [5.41, 5.74) is 1.37. The molecular formula is C20H28N2O2+2. The first-order valence-corrected chi connectivity index (χ1v) is 9.57. The number of allylic oxidation sites excluding steroid dienone is 2. The van der Waals surface area contributed by atoms with E-state index in [1.807, 2.05) is 4.90 Å². The van der Waals surface area contributed by atoms with Gasteiger partial charge in [0.05, 0.1) is 6.54 Å². The van der Waals surface area contributed by atoms with Gasteiger partial charge in [0.2, 0.25) is 6.79 Å². The lowest BCUT2D eigenvalue weighted by Crippen LogP contribution is -3.27. The van der Waals surface area contributed by atoms with Crippen LogP contribution in [0.4, 0.5) is 0 Å². The molecule has 5 rings (SSSR count).